The van der Waals surface area contributed by atoms with Gasteiger partial charge in [-0.3, -0.25) is 0 Å². The fraction of sp³-hybridized carbons (Fsp3) is 0.0862. The van der Waals surface area contributed by atoms with Crippen LogP contribution in [0.25, 0.3) is 49.9 Å². The van der Waals surface area contributed by atoms with Gasteiger partial charge in [-0.2, -0.15) is 36.4 Å². The van der Waals surface area contributed by atoms with Gasteiger partial charge in [0.1, 0.15) is 5.82 Å². The van der Waals surface area contributed by atoms with E-state index in [1.165, 1.54) is 44.5 Å². The van der Waals surface area contributed by atoms with Crippen molar-refractivity contribution in [1.82, 2.24) is 9.55 Å². The average Bonchev–Trinajstić information content (AvgIpc) is 3.99. The zero-order chi connectivity index (χ0) is 41.4. The molecule has 4 nitrogen and oxygen atoms in total. The Morgan fingerprint density at radius 3 is 1.94 bits per heavy atom. The summed E-state index contributed by atoms with van der Waals surface area (Å²) in [6.45, 7) is 5.20. The number of benzene rings is 8. The minimum atomic E-state index is -0.720. The SMILES string of the molecule is CC(C)c1ccccc1-c1ccnc(-n2c3[c-]c(C4(c5[c-]c(N6CN(c7ccccc7)c7ccccc76)ccc5)c5ccccc5-c5ccccc54)ccc3c3ccccc32)c1.[Pt+2]. The van der Waals surface area contributed by atoms with E-state index in [0.717, 1.165) is 56.0 Å². The van der Waals surface area contributed by atoms with Crippen LogP contribution in [0.1, 0.15) is 47.6 Å². The molecule has 0 N–H and O–H groups in total. The van der Waals surface area contributed by atoms with E-state index < -0.39 is 5.41 Å². The Hall–Kier alpha value is -7.00. The van der Waals surface area contributed by atoms with Gasteiger partial charge in [0.15, 0.2) is 0 Å². The molecule has 0 saturated heterocycles. The Morgan fingerprint density at radius 2 is 1.17 bits per heavy atom. The van der Waals surface area contributed by atoms with E-state index in [1.54, 1.807) is 0 Å². The summed E-state index contributed by atoms with van der Waals surface area (Å²) in [6, 6.07) is 78.5. The number of para-hydroxylation sites is 4. The molecular weight excluding hydrogens is 948 g/mol. The Kier molecular flexibility index (Phi) is 9.51. The molecule has 304 valence electrons. The van der Waals surface area contributed by atoms with E-state index in [2.05, 4.69) is 234 Å². The minimum absolute atomic E-state index is 0. The van der Waals surface area contributed by atoms with Crippen LogP contribution in [-0.4, -0.2) is 16.2 Å². The fourth-order valence-corrected chi connectivity index (χ4v) is 10.4. The van der Waals surface area contributed by atoms with Crippen molar-refractivity contribution in [1.29, 1.82) is 0 Å². The largest absolute Gasteiger partial charge is 2.00 e. The van der Waals surface area contributed by atoms with Crippen LogP contribution in [0.2, 0.25) is 0 Å². The minimum Gasteiger partial charge on any atom is -0.345 e. The van der Waals surface area contributed by atoms with Crippen molar-refractivity contribution >= 4 is 44.6 Å². The first-order valence-electron chi connectivity index (χ1n) is 21.5. The third-order valence-corrected chi connectivity index (χ3v) is 13.1. The molecule has 1 aliphatic carbocycles. The van der Waals surface area contributed by atoms with Gasteiger partial charge in [0.25, 0.3) is 0 Å². The smallest absolute Gasteiger partial charge is 0.345 e. The van der Waals surface area contributed by atoms with Gasteiger partial charge in [0, 0.05) is 22.8 Å². The van der Waals surface area contributed by atoms with E-state index in [-0.39, 0.29) is 21.1 Å². The molecule has 0 radical (unpaired) electrons. The quantitative estimate of drug-likeness (QED) is 0.149. The number of pyridine rings is 1. The van der Waals surface area contributed by atoms with Gasteiger partial charge in [0.05, 0.1) is 18.0 Å². The van der Waals surface area contributed by atoms with E-state index in [1.807, 2.05) is 6.20 Å². The van der Waals surface area contributed by atoms with Crippen LogP contribution in [-0.2, 0) is 26.5 Å². The van der Waals surface area contributed by atoms with Crippen LogP contribution in [0.5, 0.6) is 0 Å². The summed E-state index contributed by atoms with van der Waals surface area (Å²) >= 11 is 0. The van der Waals surface area contributed by atoms with Gasteiger partial charge in [-0.05, 0) is 92.7 Å². The second kappa shape index (κ2) is 15.4. The van der Waals surface area contributed by atoms with Gasteiger partial charge in [-0.15, -0.1) is 22.6 Å². The molecule has 0 amide bonds. The normalized spacial score (nSPS) is 13.6. The standard InChI is InChI=1S/C58H42N4.Pt/c1-39(2)45-21-6-7-22-46(45)40-33-34-59-57(35-40)62-53-28-13-10-25-49(53)50-32-31-42(37-56(50)62)58(51-26-11-8-23-47(51)48-24-9-12-27-52(48)58)41-17-16-20-44(36-41)61-38-60(43-18-4-3-5-19-43)54-29-14-15-30-55(54)61;/h3-35,39H,38H2,1-2H3;/q-2;+2. The molecule has 0 atom stereocenters. The number of fused-ring (bicyclic) bond motifs is 7. The molecular formula is C58H42N4Pt. The predicted molar refractivity (Wildman–Crippen MR) is 255 cm³/mol. The van der Waals surface area contributed by atoms with Crippen LogP contribution in [0.15, 0.2) is 200 Å². The molecule has 0 fully saturated rings. The van der Waals surface area contributed by atoms with Crippen LogP contribution < -0.4 is 9.80 Å². The zero-order valence-electron chi connectivity index (χ0n) is 34.9. The van der Waals surface area contributed by atoms with Gasteiger partial charge in [-0.25, -0.2) is 4.98 Å². The first-order chi connectivity index (χ1) is 30.6. The van der Waals surface area contributed by atoms with Crippen molar-refractivity contribution in [3.05, 3.63) is 240 Å². The first-order valence-corrected chi connectivity index (χ1v) is 21.5. The van der Waals surface area contributed by atoms with E-state index in [9.17, 15) is 0 Å². The van der Waals surface area contributed by atoms with Crippen molar-refractivity contribution in [3.63, 3.8) is 0 Å². The number of hydrogen-bond donors (Lipinski definition) is 0. The predicted octanol–water partition coefficient (Wildman–Crippen LogP) is 14.2. The van der Waals surface area contributed by atoms with E-state index >= 15 is 0 Å². The van der Waals surface area contributed by atoms with Crippen molar-refractivity contribution in [3.8, 4) is 28.1 Å². The van der Waals surface area contributed by atoms with Crippen molar-refractivity contribution in [2.45, 2.75) is 25.2 Å². The summed E-state index contributed by atoms with van der Waals surface area (Å²) in [6.07, 6.45) is 1.95. The molecule has 3 heterocycles. The number of aromatic nitrogens is 2. The summed E-state index contributed by atoms with van der Waals surface area (Å²) in [5, 5.41) is 2.31. The van der Waals surface area contributed by atoms with Crippen LogP contribution in [0.3, 0.4) is 0 Å². The molecule has 2 aliphatic rings. The topological polar surface area (TPSA) is 24.3 Å². The summed E-state index contributed by atoms with van der Waals surface area (Å²) in [7, 11) is 0. The summed E-state index contributed by atoms with van der Waals surface area (Å²) in [5.74, 6) is 1.25. The number of nitrogens with zero attached hydrogens (tertiary/aromatic N) is 4. The summed E-state index contributed by atoms with van der Waals surface area (Å²) in [4.78, 5) is 9.87. The molecule has 0 spiro atoms. The van der Waals surface area contributed by atoms with Crippen LogP contribution in [0.4, 0.5) is 22.7 Å². The van der Waals surface area contributed by atoms with Crippen LogP contribution in [0, 0.1) is 12.1 Å². The molecule has 12 rings (SSSR count). The molecule has 2 aromatic heterocycles. The maximum atomic E-state index is 5.09. The molecule has 0 bridgehead atoms. The molecule has 0 saturated carbocycles. The second-order valence-corrected chi connectivity index (χ2v) is 16.7. The van der Waals surface area contributed by atoms with Gasteiger partial charge >= 0.3 is 21.1 Å². The summed E-state index contributed by atoms with van der Waals surface area (Å²) in [5.41, 5.74) is 16.7. The van der Waals surface area contributed by atoms with Gasteiger partial charge in [-0.1, -0.05) is 146 Å². The second-order valence-electron chi connectivity index (χ2n) is 16.7. The van der Waals surface area contributed by atoms with Gasteiger partial charge in [0.2, 0.25) is 0 Å². The monoisotopic (exact) mass is 989 g/mol. The van der Waals surface area contributed by atoms with Crippen LogP contribution >= 0.6 is 0 Å². The summed E-state index contributed by atoms with van der Waals surface area (Å²) < 4.78 is 2.32. The zero-order valence-corrected chi connectivity index (χ0v) is 37.2. The fourth-order valence-electron chi connectivity index (χ4n) is 10.4. The number of anilines is 4. The average molecular weight is 990 g/mol. The first kappa shape index (κ1) is 38.9. The molecule has 0 unspecified atom stereocenters. The molecule has 8 aromatic carbocycles. The third-order valence-electron chi connectivity index (χ3n) is 13.1. The Bertz CT molecular complexity index is 3300. The third kappa shape index (κ3) is 5.96. The van der Waals surface area contributed by atoms with E-state index in [0.29, 0.717) is 12.6 Å². The molecule has 10 aromatic rings. The number of rotatable bonds is 7. The Balaban J connectivity index is 0.00000444. The number of hydrogen-bond acceptors (Lipinski definition) is 3. The van der Waals surface area contributed by atoms with Gasteiger partial charge < -0.3 is 14.4 Å². The van der Waals surface area contributed by atoms with Crippen molar-refractivity contribution in [2.24, 2.45) is 0 Å². The van der Waals surface area contributed by atoms with Crippen molar-refractivity contribution < 1.29 is 21.1 Å². The Labute approximate surface area is 383 Å². The molecule has 5 heteroatoms. The Morgan fingerprint density at radius 1 is 0.540 bits per heavy atom. The van der Waals surface area contributed by atoms with Crippen molar-refractivity contribution in [2.75, 3.05) is 16.5 Å². The maximum Gasteiger partial charge on any atom is 2.00 e. The molecule has 63 heavy (non-hydrogen) atoms. The maximum absolute atomic E-state index is 5.09. The van der Waals surface area contributed by atoms with E-state index in [4.69, 9.17) is 4.98 Å². The molecule has 1 aliphatic heterocycles.